The highest BCUT2D eigenvalue weighted by Crippen LogP contribution is 2.16. The fourth-order valence-corrected chi connectivity index (χ4v) is 1.63. The summed E-state index contributed by atoms with van der Waals surface area (Å²) in [6, 6.07) is 15.1. The topological polar surface area (TPSA) is 55.1 Å². The van der Waals surface area contributed by atoms with Gasteiger partial charge in [0.05, 0.1) is 11.4 Å². The Morgan fingerprint density at radius 2 is 1.79 bits per heavy atom. The Bertz CT molecular complexity index is 600. The number of rotatable bonds is 3. The highest BCUT2D eigenvalue weighted by atomic mass is 16.1. The molecule has 19 heavy (non-hydrogen) atoms. The highest BCUT2D eigenvalue weighted by Gasteiger charge is 2.00. The van der Waals surface area contributed by atoms with Gasteiger partial charge in [0.25, 0.3) is 0 Å². The first-order valence-electron chi connectivity index (χ1n) is 6.05. The fourth-order valence-electron chi connectivity index (χ4n) is 1.63. The third kappa shape index (κ3) is 3.71. The number of anilines is 2. The first-order chi connectivity index (χ1) is 9.15. The van der Waals surface area contributed by atoms with E-state index in [0.29, 0.717) is 11.4 Å². The number of hydrogen-bond acceptors (Lipinski definition) is 2. The Morgan fingerprint density at radius 3 is 2.47 bits per heavy atom. The second-order valence-corrected chi connectivity index (χ2v) is 4.32. The van der Waals surface area contributed by atoms with Crippen molar-refractivity contribution >= 4 is 23.4 Å². The molecule has 0 atom stereocenters. The number of aryl methyl sites for hydroxylation is 1. The third-order valence-corrected chi connectivity index (χ3v) is 2.72. The van der Waals surface area contributed by atoms with Crippen molar-refractivity contribution in [1.29, 1.82) is 0 Å². The van der Waals surface area contributed by atoms with Gasteiger partial charge in [-0.15, -0.1) is 0 Å². The van der Waals surface area contributed by atoms with E-state index in [1.165, 1.54) is 11.6 Å². The van der Waals surface area contributed by atoms with Crippen LogP contribution in [0.3, 0.4) is 0 Å². The molecule has 0 saturated carbocycles. The van der Waals surface area contributed by atoms with Gasteiger partial charge in [-0.3, -0.25) is 4.79 Å². The lowest BCUT2D eigenvalue weighted by atomic mass is 10.1. The van der Waals surface area contributed by atoms with E-state index in [0.717, 1.165) is 5.56 Å². The smallest absolute Gasteiger partial charge is 0.248 e. The maximum absolute atomic E-state index is 11.8. The van der Waals surface area contributed by atoms with Crippen LogP contribution in [0.1, 0.15) is 11.1 Å². The van der Waals surface area contributed by atoms with Crippen LogP contribution in [0.25, 0.3) is 6.08 Å². The average molecular weight is 252 g/mol. The Labute approximate surface area is 112 Å². The largest absolute Gasteiger partial charge is 0.397 e. The molecule has 3 heteroatoms. The van der Waals surface area contributed by atoms with E-state index in [2.05, 4.69) is 5.32 Å². The predicted molar refractivity (Wildman–Crippen MR) is 79.7 cm³/mol. The quantitative estimate of drug-likeness (QED) is 0.651. The second kappa shape index (κ2) is 5.87. The molecule has 0 aliphatic rings. The van der Waals surface area contributed by atoms with E-state index in [-0.39, 0.29) is 5.91 Å². The molecule has 2 rings (SSSR count). The van der Waals surface area contributed by atoms with Crippen molar-refractivity contribution in [1.82, 2.24) is 0 Å². The molecular formula is C16H16N2O. The first kappa shape index (κ1) is 12.9. The van der Waals surface area contributed by atoms with Crippen molar-refractivity contribution in [2.45, 2.75) is 6.92 Å². The van der Waals surface area contributed by atoms with E-state index in [1.807, 2.05) is 43.3 Å². The molecule has 2 aromatic rings. The number of nitrogens with one attached hydrogen (secondary N) is 1. The summed E-state index contributed by atoms with van der Waals surface area (Å²) in [6.45, 7) is 2.03. The number of carbonyl (C=O) groups is 1. The zero-order chi connectivity index (χ0) is 13.7. The van der Waals surface area contributed by atoms with Crippen LogP contribution in [0.15, 0.2) is 54.6 Å². The number of benzene rings is 2. The van der Waals surface area contributed by atoms with E-state index in [1.54, 1.807) is 18.2 Å². The molecule has 0 unspecified atom stereocenters. The molecule has 0 spiro atoms. The molecular weight excluding hydrogens is 236 g/mol. The van der Waals surface area contributed by atoms with Crippen LogP contribution in [-0.4, -0.2) is 5.91 Å². The summed E-state index contributed by atoms with van der Waals surface area (Å²) < 4.78 is 0. The van der Waals surface area contributed by atoms with Crippen LogP contribution in [0.5, 0.6) is 0 Å². The summed E-state index contributed by atoms with van der Waals surface area (Å²) in [6.07, 6.45) is 3.27. The predicted octanol–water partition coefficient (Wildman–Crippen LogP) is 3.23. The Hall–Kier alpha value is -2.55. The lowest BCUT2D eigenvalue weighted by Gasteiger charge is -2.04. The molecule has 0 radical (unpaired) electrons. The van der Waals surface area contributed by atoms with Gasteiger partial charge in [0.2, 0.25) is 5.91 Å². The summed E-state index contributed by atoms with van der Waals surface area (Å²) in [5.74, 6) is -0.196. The number of para-hydroxylation sites is 2. The number of carbonyl (C=O) groups excluding carboxylic acids is 1. The van der Waals surface area contributed by atoms with Gasteiger partial charge in [0, 0.05) is 6.08 Å². The van der Waals surface area contributed by atoms with E-state index in [9.17, 15) is 4.79 Å². The minimum atomic E-state index is -0.196. The van der Waals surface area contributed by atoms with Crippen LogP contribution in [0.4, 0.5) is 11.4 Å². The van der Waals surface area contributed by atoms with Gasteiger partial charge in [-0.2, -0.15) is 0 Å². The van der Waals surface area contributed by atoms with Gasteiger partial charge in [-0.05, 0) is 30.7 Å². The molecule has 0 fully saturated rings. The lowest BCUT2D eigenvalue weighted by molar-refractivity contribution is -0.111. The number of nitrogens with two attached hydrogens (primary N) is 1. The van der Waals surface area contributed by atoms with Crippen molar-refractivity contribution in [3.05, 3.63) is 65.7 Å². The Morgan fingerprint density at radius 1 is 1.11 bits per heavy atom. The van der Waals surface area contributed by atoms with Crippen LogP contribution >= 0.6 is 0 Å². The van der Waals surface area contributed by atoms with Crippen molar-refractivity contribution < 1.29 is 4.79 Å². The molecule has 0 aliphatic heterocycles. The van der Waals surface area contributed by atoms with E-state index in [4.69, 9.17) is 5.73 Å². The minimum absolute atomic E-state index is 0.196. The summed E-state index contributed by atoms with van der Waals surface area (Å²) in [7, 11) is 0. The zero-order valence-electron chi connectivity index (χ0n) is 10.8. The van der Waals surface area contributed by atoms with Crippen molar-refractivity contribution in [3.63, 3.8) is 0 Å². The molecule has 3 nitrogen and oxygen atoms in total. The van der Waals surface area contributed by atoms with Gasteiger partial charge in [-0.25, -0.2) is 0 Å². The number of amides is 1. The lowest BCUT2D eigenvalue weighted by Crippen LogP contribution is -2.09. The molecule has 0 saturated heterocycles. The highest BCUT2D eigenvalue weighted by molar-refractivity contribution is 6.03. The van der Waals surface area contributed by atoms with Gasteiger partial charge in [-0.1, -0.05) is 42.0 Å². The Kier molecular flexibility index (Phi) is 3.98. The molecule has 3 N–H and O–H groups in total. The van der Waals surface area contributed by atoms with Gasteiger partial charge in [0.15, 0.2) is 0 Å². The maximum Gasteiger partial charge on any atom is 0.248 e. The maximum atomic E-state index is 11.8. The normalized spacial score (nSPS) is 10.6. The summed E-state index contributed by atoms with van der Waals surface area (Å²) in [5.41, 5.74) is 9.12. The van der Waals surface area contributed by atoms with Gasteiger partial charge in [0.1, 0.15) is 0 Å². The van der Waals surface area contributed by atoms with Crippen molar-refractivity contribution in [2.75, 3.05) is 11.1 Å². The SMILES string of the molecule is Cc1ccc(/C=C/C(=O)Nc2ccccc2N)cc1. The van der Waals surface area contributed by atoms with Crippen LogP contribution in [0.2, 0.25) is 0 Å². The van der Waals surface area contributed by atoms with Crippen molar-refractivity contribution in [3.8, 4) is 0 Å². The summed E-state index contributed by atoms with van der Waals surface area (Å²) >= 11 is 0. The average Bonchev–Trinajstić information content (AvgIpc) is 2.41. The second-order valence-electron chi connectivity index (χ2n) is 4.32. The van der Waals surface area contributed by atoms with Gasteiger partial charge < -0.3 is 11.1 Å². The standard InChI is InChI=1S/C16H16N2O/c1-12-6-8-13(9-7-12)10-11-16(19)18-15-5-3-2-4-14(15)17/h2-11H,17H2,1H3,(H,18,19)/b11-10+. The molecule has 0 aromatic heterocycles. The third-order valence-electron chi connectivity index (χ3n) is 2.72. The zero-order valence-corrected chi connectivity index (χ0v) is 10.8. The first-order valence-corrected chi connectivity index (χ1v) is 6.05. The van der Waals surface area contributed by atoms with Gasteiger partial charge >= 0.3 is 0 Å². The molecule has 0 aliphatic carbocycles. The molecule has 2 aromatic carbocycles. The van der Waals surface area contributed by atoms with Crippen molar-refractivity contribution in [2.24, 2.45) is 0 Å². The van der Waals surface area contributed by atoms with E-state index < -0.39 is 0 Å². The van der Waals surface area contributed by atoms with Crippen LogP contribution < -0.4 is 11.1 Å². The minimum Gasteiger partial charge on any atom is -0.397 e. The molecule has 0 bridgehead atoms. The molecule has 1 amide bonds. The summed E-state index contributed by atoms with van der Waals surface area (Å²) in [5, 5.41) is 2.74. The van der Waals surface area contributed by atoms with Crippen LogP contribution in [-0.2, 0) is 4.79 Å². The number of nitrogen functional groups attached to an aromatic ring is 1. The van der Waals surface area contributed by atoms with E-state index >= 15 is 0 Å². The Balaban J connectivity index is 2.02. The molecule has 96 valence electrons. The number of hydrogen-bond donors (Lipinski definition) is 2. The monoisotopic (exact) mass is 252 g/mol. The fraction of sp³-hybridized carbons (Fsp3) is 0.0625. The van der Waals surface area contributed by atoms with Crippen LogP contribution in [0, 0.1) is 6.92 Å². The molecule has 0 heterocycles. The summed E-state index contributed by atoms with van der Waals surface area (Å²) in [4.78, 5) is 11.8.